The number of aromatic hydroxyl groups is 1. The van der Waals surface area contributed by atoms with Crippen molar-refractivity contribution in [3.63, 3.8) is 0 Å². The van der Waals surface area contributed by atoms with Crippen molar-refractivity contribution in [3.8, 4) is 5.75 Å². The topological polar surface area (TPSA) is 97.3 Å². The minimum absolute atomic E-state index is 0.0224. The Balaban J connectivity index is 1.82. The van der Waals surface area contributed by atoms with Crippen molar-refractivity contribution in [3.05, 3.63) is 94.1 Å². The molecule has 3 aromatic rings. The molecule has 0 fully saturated rings. The second kappa shape index (κ2) is 13.3. The molecule has 0 heterocycles. The van der Waals surface area contributed by atoms with E-state index in [9.17, 15) is 14.7 Å². The van der Waals surface area contributed by atoms with Crippen molar-refractivity contribution in [2.75, 3.05) is 37.0 Å². The van der Waals surface area contributed by atoms with E-state index in [0.29, 0.717) is 11.1 Å². The monoisotopic (exact) mass is 533 g/mol. The number of benzene rings is 3. The van der Waals surface area contributed by atoms with Gasteiger partial charge in [0.05, 0.1) is 16.8 Å². The summed E-state index contributed by atoms with van der Waals surface area (Å²) in [4.78, 5) is 30.0. The van der Waals surface area contributed by atoms with Crippen molar-refractivity contribution in [2.45, 2.75) is 13.8 Å². The van der Waals surface area contributed by atoms with Crippen LogP contribution >= 0.6 is 11.6 Å². The average molecular weight is 534 g/mol. The van der Waals surface area contributed by atoms with Gasteiger partial charge in [-0.15, -0.1) is 0 Å². The molecular formula is C29H32ClN5O3. The number of nitrogens with one attached hydrogen (secondary N) is 2. The van der Waals surface area contributed by atoms with Crippen molar-refractivity contribution >= 4 is 47.1 Å². The summed E-state index contributed by atoms with van der Waals surface area (Å²) in [5, 5.41) is 17.3. The van der Waals surface area contributed by atoms with E-state index in [1.54, 1.807) is 42.5 Å². The van der Waals surface area contributed by atoms with Gasteiger partial charge in [-0.1, -0.05) is 35.9 Å². The fourth-order valence-electron chi connectivity index (χ4n) is 3.68. The molecule has 0 atom stereocenters. The Labute approximate surface area is 228 Å². The van der Waals surface area contributed by atoms with E-state index < -0.39 is 11.8 Å². The van der Waals surface area contributed by atoms with Gasteiger partial charge in [0.25, 0.3) is 11.8 Å². The van der Waals surface area contributed by atoms with E-state index in [0.717, 1.165) is 24.5 Å². The summed E-state index contributed by atoms with van der Waals surface area (Å²) >= 11 is 6.17. The second-order valence-electron chi connectivity index (χ2n) is 8.59. The van der Waals surface area contributed by atoms with E-state index in [2.05, 4.69) is 20.7 Å². The quantitative estimate of drug-likeness (QED) is 0.196. The van der Waals surface area contributed by atoms with E-state index in [1.165, 1.54) is 6.21 Å². The SMILES string of the molecule is CCN(CC)c1ccc(/C=N/NC(=O)C(=Cc2ccc(N(C)C)cc2)NC(=O)c2ccccc2Cl)c(O)c1. The van der Waals surface area contributed by atoms with Gasteiger partial charge in [0, 0.05) is 50.2 Å². The third-order valence-corrected chi connectivity index (χ3v) is 6.17. The van der Waals surface area contributed by atoms with Gasteiger partial charge in [-0.25, -0.2) is 5.43 Å². The van der Waals surface area contributed by atoms with Crippen LogP contribution in [0.5, 0.6) is 5.75 Å². The lowest BCUT2D eigenvalue weighted by Crippen LogP contribution is -2.33. The molecule has 0 aliphatic carbocycles. The van der Waals surface area contributed by atoms with Crippen LogP contribution in [0.25, 0.3) is 6.08 Å². The molecule has 9 heteroatoms. The maximum atomic E-state index is 13.1. The number of hydrogen-bond acceptors (Lipinski definition) is 6. The van der Waals surface area contributed by atoms with Crippen LogP contribution in [0.3, 0.4) is 0 Å². The molecular weight excluding hydrogens is 502 g/mol. The summed E-state index contributed by atoms with van der Waals surface area (Å²) < 4.78 is 0. The number of halogens is 1. The molecule has 3 N–H and O–H groups in total. The van der Waals surface area contributed by atoms with Gasteiger partial charge in [-0.3, -0.25) is 9.59 Å². The molecule has 0 saturated heterocycles. The number of rotatable bonds is 10. The molecule has 0 unspecified atom stereocenters. The number of anilines is 2. The molecule has 0 aliphatic rings. The predicted molar refractivity (Wildman–Crippen MR) is 155 cm³/mol. The summed E-state index contributed by atoms with van der Waals surface area (Å²) in [6.45, 7) is 5.70. The zero-order chi connectivity index (χ0) is 27.7. The summed E-state index contributed by atoms with van der Waals surface area (Å²) in [5.74, 6) is -1.13. The lowest BCUT2D eigenvalue weighted by Gasteiger charge is -2.21. The van der Waals surface area contributed by atoms with Crippen LogP contribution in [0.15, 0.2) is 77.5 Å². The molecule has 2 amide bonds. The number of phenols is 1. The Morgan fingerprint density at radius 2 is 1.63 bits per heavy atom. The number of phenolic OH excluding ortho intramolecular Hbond substituents is 1. The number of hydrazone groups is 1. The molecule has 0 aliphatic heterocycles. The van der Waals surface area contributed by atoms with E-state index >= 15 is 0 Å². The molecule has 38 heavy (non-hydrogen) atoms. The number of amides is 2. The minimum atomic E-state index is -0.641. The molecule has 0 radical (unpaired) electrons. The maximum absolute atomic E-state index is 13.1. The van der Waals surface area contributed by atoms with Crippen LogP contribution in [-0.4, -0.2) is 50.3 Å². The standard InChI is InChI=1S/C29H32ClN5O3/c1-5-35(6-2)23-16-13-21(27(36)18-23)19-31-33-29(38)26(17-20-11-14-22(15-12-20)34(3)4)32-28(37)24-9-7-8-10-25(24)30/h7-19,36H,5-6H2,1-4H3,(H,32,37)(H,33,38)/b26-17?,31-19+. The summed E-state index contributed by atoms with van der Waals surface area (Å²) in [6, 6.07) is 19.3. The van der Waals surface area contributed by atoms with Crippen LogP contribution in [0.1, 0.15) is 35.3 Å². The lowest BCUT2D eigenvalue weighted by molar-refractivity contribution is -0.117. The molecule has 0 saturated carbocycles. The smallest absolute Gasteiger partial charge is 0.287 e. The Kier molecular flexibility index (Phi) is 9.90. The van der Waals surface area contributed by atoms with Crippen LogP contribution in [0.2, 0.25) is 5.02 Å². The maximum Gasteiger partial charge on any atom is 0.287 e. The number of carbonyl (C=O) groups excluding carboxylic acids is 2. The molecule has 198 valence electrons. The highest BCUT2D eigenvalue weighted by atomic mass is 35.5. The summed E-state index contributed by atoms with van der Waals surface area (Å²) in [7, 11) is 3.86. The first-order valence-corrected chi connectivity index (χ1v) is 12.6. The Bertz CT molecular complexity index is 1330. The Morgan fingerprint density at radius 1 is 0.974 bits per heavy atom. The molecule has 0 bridgehead atoms. The van der Waals surface area contributed by atoms with Gasteiger partial charge < -0.3 is 20.2 Å². The first-order valence-electron chi connectivity index (χ1n) is 12.2. The van der Waals surface area contributed by atoms with Crippen molar-refractivity contribution in [1.82, 2.24) is 10.7 Å². The van der Waals surface area contributed by atoms with E-state index in [-0.39, 0.29) is 22.0 Å². The van der Waals surface area contributed by atoms with Crippen molar-refractivity contribution in [1.29, 1.82) is 0 Å². The largest absolute Gasteiger partial charge is 0.507 e. The first kappa shape index (κ1) is 28.3. The zero-order valence-electron chi connectivity index (χ0n) is 21.9. The third kappa shape index (κ3) is 7.36. The van der Waals surface area contributed by atoms with Crippen LogP contribution < -0.4 is 20.5 Å². The molecule has 0 aromatic heterocycles. The van der Waals surface area contributed by atoms with Gasteiger partial charge in [0.1, 0.15) is 11.4 Å². The molecule has 8 nitrogen and oxygen atoms in total. The van der Waals surface area contributed by atoms with Gasteiger partial charge >= 0.3 is 0 Å². The summed E-state index contributed by atoms with van der Waals surface area (Å²) in [5.41, 5.74) is 5.66. The fraction of sp³-hybridized carbons (Fsp3) is 0.207. The highest BCUT2D eigenvalue weighted by molar-refractivity contribution is 6.34. The Morgan fingerprint density at radius 3 is 2.24 bits per heavy atom. The predicted octanol–water partition coefficient (Wildman–Crippen LogP) is 4.88. The normalized spacial score (nSPS) is 11.3. The highest BCUT2D eigenvalue weighted by Crippen LogP contribution is 2.23. The molecule has 3 aromatic carbocycles. The third-order valence-electron chi connectivity index (χ3n) is 5.84. The van der Waals surface area contributed by atoms with Gasteiger partial charge in [0.15, 0.2) is 0 Å². The van der Waals surface area contributed by atoms with Crippen molar-refractivity contribution in [2.24, 2.45) is 5.10 Å². The van der Waals surface area contributed by atoms with Gasteiger partial charge in [0.2, 0.25) is 0 Å². The lowest BCUT2D eigenvalue weighted by atomic mass is 10.1. The van der Waals surface area contributed by atoms with Gasteiger partial charge in [-0.05, 0) is 61.9 Å². The average Bonchev–Trinajstić information content (AvgIpc) is 2.90. The number of carbonyl (C=O) groups is 2. The minimum Gasteiger partial charge on any atom is -0.507 e. The zero-order valence-corrected chi connectivity index (χ0v) is 22.7. The van der Waals surface area contributed by atoms with Crippen LogP contribution in [-0.2, 0) is 4.79 Å². The van der Waals surface area contributed by atoms with Crippen LogP contribution in [0, 0.1) is 0 Å². The molecule has 3 rings (SSSR count). The molecule has 0 spiro atoms. The fourth-order valence-corrected chi connectivity index (χ4v) is 3.90. The first-order chi connectivity index (χ1) is 18.2. The van der Waals surface area contributed by atoms with E-state index in [1.807, 2.05) is 63.2 Å². The highest BCUT2D eigenvalue weighted by Gasteiger charge is 2.16. The number of hydrogen-bond donors (Lipinski definition) is 3. The van der Waals surface area contributed by atoms with Crippen LogP contribution in [0.4, 0.5) is 11.4 Å². The number of nitrogens with zero attached hydrogens (tertiary/aromatic N) is 3. The van der Waals surface area contributed by atoms with E-state index in [4.69, 9.17) is 11.6 Å². The van der Waals surface area contributed by atoms with Gasteiger partial charge in [-0.2, -0.15) is 5.10 Å². The Hall–Kier alpha value is -4.30. The van der Waals surface area contributed by atoms with Crippen molar-refractivity contribution < 1.29 is 14.7 Å². The summed E-state index contributed by atoms with van der Waals surface area (Å²) in [6.07, 6.45) is 2.90. The second-order valence-corrected chi connectivity index (χ2v) is 9.00.